The number of hydrogen-bond acceptors (Lipinski definition) is 6. The summed E-state index contributed by atoms with van der Waals surface area (Å²) in [7, 11) is 0. The summed E-state index contributed by atoms with van der Waals surface area (Å²) >= 11 is 1.36. The molecule has 116 valence electrons. The van der Waals surface area contributed by atoms with Gasteiger partial charge in [-0.1, -0.05) is 11.8 Å². The number of alkyl halides is 3. The molecule has 0 saturated heterocycles. The number of halogens is 3. The molecule has 9 heteroatoms. The SMILES string of the molecule is NC1N=C2C=CC(N)(Nc3ccc(C(F)(F)F)cn3)C=C2S1. The van der Waals surface area contributed by atoms with E-state index in [2.05, 4.69) is 15.3 Å². The normalized spacial score (nSPS) is 27.2. The monoisotopic (exact) mass is 327 g/mol. The van der Waals surface area contributed by atoms with Crippen LogP contribution in [0.1, 0.15) is 5.56 Å². The predicted molar refractivity (Wildman–Crippen MR) is 80.0 cm³/mol. The standard InChI is InChI=1S/C13H12F3N5S/c14-13(15,16)7-1-2-10(19-6-7)21-12(18)4-3-8-9(5-12)22-11(17)20-8/h1-6,11H,17-18H2,(H,19,21). The Morgan fingerprint density at radius 3 is 2.73 bits per heavy atom. The van der Waals surface area contributed by atoms with Crippen LogP contribution < -0.4 is 16.8 Å². The van der Waals surface area contributed by atoms with E-state index in [4.69, 9.17) is 11.5 Å². The molecule has 3 rings (SSSR count). The number of fused-ring (bicyclic) bond motifs is 1. The van der Waals surface area contributed by atoms with Crippen molar-refractivity contribution < 1.29 is 13.2 Å². The lowest BCUT2D eigenvalue weighted by Crippen LogP contribution is -2.45. The molecule has 0 bridgehead atoms. The fourth-order valence-electron chi connectivity index (χ4n) is 2.07. The number of nitrogens with two attached hydrogens (primary N) is 2. The number of pyridine rings is 1. The Hall–Kier alpha value is -1.84. The summed E-state index contributed by atoms with van der Waals surface area (Å²) in [6.45, 7) is 0. The van der Waals surface area contributed by atoms with Crippen LogP contribution >= 0.6 is 11.8 Å². The molecule has 0 aromatic carbocycles. The van der Waals surface area contributed by atoms with Gasteiger partial charge in [-0.15, -0.1) is 0 Å². The summed E-state index contributed by atoms with van der Waals surface area (Å²) in [5.41, 5.74) is 10.4. The van der Waals surface area contributed by atoms with E-state index in [-0.39, 0.29) is 11.3 Å². The highest BCUT2D eigenvalue weighted by molar-refractivity contribution is 8.05. The summed E-state index contributed by atoms with van der Waals surface area (Å²) in [5, 5.41) is 2.89. The molecule has 22 heavy (non-hydrogen) atoms. The van der Waals surface area contributed by atoms with Gasteiger partial charge in [0, 0.05) is 11.1 Å². The molecule has 0 spiro atoms. The Labute approximate surface area is 128 Å². The second-order valence-electron chi connectivity index (χ2n) is 4.85. The van der Waals surface area contributed by atoms with Gasteiger partial charge in [0.2, 0.25) is 0 Å². The van der Waals surface area contributed by atoms with E-state index >= 15 is 0 Å². The molecule has 5 N–H and O–H groups in total. The number of thioether (sulfide) groups is 1. The molecule has 0 radical (unpaired) electrons. The number of aliphatic imine (C=N–C) groups is 1. The third-order valence-electron chi connectivity index (χ3n) is 3.09. The highest BCUT2D eigenvalue weighted by Crippen LogP contribution is 2.34. The first-order valence-corrected chi connectivity index (χ1v) is 7.16. The maximum atomic E-state index is 12.5. The van der Waals surface area contributed by atoms with Crippen molar-refractivity contribution in [2.45, 2.75) is 17.3 Å². The van der Waals surface area contributed by atoms with Gasteiger partial charge in [-0.2, -0.15) is 13.2 Å². The molecular formula is C13H12F3N5S. The quantitative estimate of drug-likeness (QED) is 0.724. The molecule has 0 amide bonds. The largest absolute Gasteiger partial charge is 0.417 e. The molecule has 2 unspecified atom stereocenters. The van der Waals surface area contributed by atoms with Crippen LogP contribution in [0.25, 0.3) is 0 Å². The lowest BCUT2D eigenvalue weighted by atomic mass is 10.0. The van der Waals surface area contributed by atoms with Gasteiger partial charge in [0.25, 0.3) is 0 Å². The summed E-state index contributed by atoms with van der Waals surface area (Å²) in [6.07, 6.45) is 1.46. The Balaban J connectivity index is 1.79. The fourth-order valence-corrected chi connectivity index (χ4v) is 3.00. The lowest BCUT2D eigenvalue weighted by Gasteiger charge is -2.27. The zero-order valence-electron chi connectivity index (χ0n) is 11.1. The molecule has 1 aliphatic heterocycles. The van der Waals surface area contributed by atoms with E-state index in [0.717, 1.165) is 22.9 Å². The lowest BCUT2D eigenvalue weighted by molar-refractivity contribution is -0.137. The minimum Gasteiger partial charge on any atom is -0.346 e. The third-order valence-corrected chi connectivity index (χ3v) is 4.02. The van der Waals surface area contributed by atoms with E-state index in [1.54, 1.807) is 18.2 Å². The van der Waals surface area contributed by atoms with Gasteiger partial charge in [0.15, 0.2) is 0 Å². The topological polar surface area (TPSA) is 89.3 Å². The number of allylic oxidation sites excluding steroid dienone is 2. The van der Waals surface area contributed by atoms with Crippen LogP contribution in [0.15, 0.2) is 46.5 Å². The molecule has 1 aromatic rings. The van der Waals surface area contributed by atoms with Gasteiger partial charge in [-0.25, -0.2) is 4.98 Å². The first-order chi connectivity index (χ1) is 10.3. The van der Waals surface area contributed by atoms with Crippen LogP contribution in [0.5, 0.6) is 0 Å². The van der Waals surface area contributed by atoms with Crippen molar-refractivity contribution >= 4 is 23.3 Å². The molecule has 1 aromatic heterocycles. The average Bonchev–Trinajstić information content (AvgIpc) is 2.77. The Bertz CT molecular complexity index is 680. The van der Waals surface area contributed by atoms with E-state index < -0.39 is 17.4 Å². The number of nitrogens with one attached hydrogen (secondary N) is 1. The van der Waals surface area contributed by atoms with Crippen molar-refractivity contribution in [3.8, 4) is 0 Å². The first-order valence-electron chi connectivity index (χ1n) is 6.28. The van der Waals surface area contributed by atoms with Crippen molar-refractivity contribution in [2.24, 2.45) is 16.5 Å². The van der Waals surface area contributed by atoms with Gasteiger partial charge in [-0.05, 0) is 30.4 Å². The second-order valence-corrected chi connectivity index (χ2v) is 6.01. The molecule has 0 saturated carbocycles. The summed E-state index contributed by atoms with van der Waals surface area (Å²) in [6, 6.07) is 2.19. The molecular weight excluding hydrogens is 315 g/mol. The molecule has 2 atom stereocenters. The molecule has 2 heterocycles. The minimum atomic E-state index is -4.42. The Morgan fingerprint density at radius 1 is 1.32 bits per heavy atom. The van der Waals surface area contributed by atoms with Crippen LogP contribution in [-0.4, -0.2) is 21.9 Å². The molecule has 0 fully saturated rings. The van der Waals surface area contributed by atoms with Gasteiger partial charge >= 0.3 is 6.18 Å². The van der Waals surface area contributed by atoms with Crippen molar-refractivity contribution in [1.82, 2.24) is 4.98 Å². The van der Waals surface area contributed by atoms with Crippen LogP contribution in [0.3, 0.4) is 0 Å². The van der Waals surface area contributed by atoms with Crippen molar-refractivity contribution in [1.29, 1.82) is 0 Å². The zero-order chi connectivity index (χ0) is 16.0. The number of rotatable bonds is 2. The maximum absolute atomic E-state index is 12.5. The van der Waals surface area contributed by atoms with Crippen molar-refractivity contribution in [2.75, 3.05) is 5.32 Å². The van der Waals surface area contributed by atoms with Crippen LogP contribution in [0.2, 0.25) is 0 Å². The van der Waals surface area contributed by atoms with E-state index in [9.17, 15) is 13.2 Å². The number of hydrogen-bond donors (Lipinski definition) is 3. The second kappa shape index (κ2) is 5.11. The van der Waals surface area contributed by atoms with Gasteiger partial charge < -0.3 is 16.8 Å². The first kappa shape index (κ1) is 15.1. The minimum absolute atomic E-state index is 0.240. The van der Waals surface area contributed by atoms with Gasteiger partial charge in [0.1, 0.15) is 17.0 Å². The average molecular weight is 327 g/mol. The van der Waals surface area contributed by atoms with Crippen molar-refractivity contribution in [3.05, 3.63) is 47.0 Å². The van der Waals surface area contributed by atoms with E-state index in [1.165, 1.54) is 17.8 Å². The Morgan fingerprint density at radius 2 is 2.09 bits per heavy atom. The van der Waals surface area contributed by atoms with Crippen LogP contribution in [-0.2, 0) is 6.18 Å². The molecule has 2 aliphatic rings. The number of aromatic nitrogens is 1. The molecule has 5 nitrogen and oxygen atoms in total. The van der Waals surface area contributed by atoms with Gasteiger partial charge in [0.05, 0.1) is 11.3 Å². The number of anilines is 1. The Kier molecular flexibility index (Phi) is 3.50. The highest BCUT2D eigenvalue weighted by Gasteiger charge is 2.32. The van der Waals surface area contributed by atoms with Gasteiger partial charge in [-0.3, -0.25) is 4.99 Å². The van der Waals surface area contributed by atoms with E-state index in [0.29, 0.717) is 0 Å². The predicted octanol–water partition coefficient (Wildman–Crippen LogP) is 2.05. The summed E-state index contributed by atoms with van der Waals surface area (Å²) < 4.78 is 37.5. The van der Waals surface area contributed by atoms with Crippen LogP contribution in [0, 0.1) is 0 Å². The number of nitrogens with zero attached hydrogens (tertiary/aromatic N) is 2. The van der Waals surface area contributed by atoms with Crippen molar-refractivity contribution in [3.63, 3.8) is 0 Å². The zero-order valence-corrected chi connectivity index (χ0v) is 11.9. The molecule has 1 aliphatic carbocycles. The third kappa shape index (κ3) is 3.01. The maximum Gasteiger partial charge on any atom is 0.417 e. The highest BCUT2D eigenvalue weighted by atomic mass is 32.2. The van der Waals surface area contributed by atoms with E-state index in [1.807, 2.05) is 0 Å². The summed E-state index contributed by atoms with van der Waals surface area (Å²) in [5.74, 6) is 0.240. The fraction of sp³-hybridized carbons (Fsp3) is 0.231. The van der Waals surface area contributed by atoms with Crippen LogP contribution in [0.4, 0.5) is 19.0 Å². The summed E-state index contributed by atoms with van der Waals surface area (Å²) in [4.78, 5) is 8.78. The smallest absolute Gasteiger partial charge is 0.346 e.